The van der Waals surface area contributed by atoms with Crippen molar-refractivity contribution in [3.63, 3.8) is 0 Å². The fourth-order valence-corrected chi connectivity index (χ4v) is 2.38. The van der Waals surface area contributed by atoms with Crippen molar-refractivity contribution in [1.82, 2.24) is 10.3 Å². The molecule has 1 atom stereocenters. The van der Waals surface area contributed by atoms with Crippen molar-refractivity contribution >= 4 is 21.6 Å². The van der Waals surface area contributed by atoms with E-state index in [1.54, 1.807) is 11.3 Å². The molecule has 2 rings (SSSR count). The Balaban J connectivity index is 2.37. The molecule has 0 bridgehead atoms. The maximum Gasteiger partial charge on any atom is 0.0809 e. The van der Waals surface area contributed by atoms with Gasteiger partial charge in [0, 0.05) is 6.20 Å². The molecule has 0 spiro atoms. The van der Waals surface area contributed by atoms with Crippen LogP contribution in [-0.2, 0) is 0 Å². The average Bonchev–Trinajstić information content (AvgIpc) is 2.72. The molecule has 0 aliphatic carbocycles. The van der Waals surface area contributed by atoms with Crippen molar-refractivity contribution in [2.75, 3.05) is 6.54 Å². The summed E-state index contributed by atoms with van der Waals surface area (Å²) in [4.78, 5) is 4.41. The van der Waals surface area contributed by atoms with Crippen LogP contribution in [0.3, 0.4) is 0 Å². The quantitative estimate of drug-likeness (QED) is 0.797. The van der Waals surface area contributed by atoms with Gasteiger partial charge in [0.2, 0.25) is 0 Å². The maximum absolute atomic E-state index is 4.41. The Morgan fingerprint density at radius 3 is 3.27 bits per heavy atom. The van der Waals surface area contributed by atoms with Crippen LogP contribution in [0.25, 0.3) is 10.2 Å². The molecule has 0 aromatic carbocycles. The molecule has 0 amide bonds. The van der Waals surface area contributed by atoms with E-state index < -0.39 is 0 Å². The van der Waals surface area contributed by atoms with Crippen LogP contribution in [-0.4, -0.2) is 11.5 Å². The molecule has 2 aromatic rings. The highest BCUT2D eigenvalue weighted by Crippen LogP contribution is 2.22. The number of fused-ring (bicyclic) bond motifs is 1. The normalized spacial score (nSPS) is 12.9. The summed E-state index contributed by atoms with van der Waals surface area (Å²) in [5, 5.41) is 5.42. The van der Waals surface area contributed by atoms with Crippen LogP contribution in [0.2, 0.25) is 0 Å². The van der Waals surface area contributed by atoms with Gasteiger partial charge in [-0.3, -0.25) is 4.98 Å². The second kappa shape index (κ2) is 4.55. The first kappa shape index (κ1) is 10.3. The van der Waals surface area contributed by atoms with Crippen LogP contribution >= 0.6 is 11.3 Å². The first-order chi connectivity index (χ1) is 7.35. The Hall–Kier alpha value is -1.19. The van der Waals surface area contributed by atoms with Crippen molar-refractivity contribution < 1.29 is 0 Å². The summed E-state index contributed by atoms with van der Waals surface area (Å²) in [5.41, 5.74) is 2.25. The Kier molecular flexibility index (Phi) is 3.14. The van der Waals surface area contributed by atoms with E-state index in [0.29, 0.717) is 0 Å². The first-order valence-electron chi connectivity index (χ1n) is 5.04. The third-order valence-corrected chi connectivity index (χ3v) is 3.20. The predicted molar refractivity (Wildman–Crippen MR) is 66.2 cm³/mol. The first-order valence-corrected chi connectivity index (χ1v) is 5.92. The largest absolute Gasteiger partial charge is 0.307 e. The standard InChI is InChI=1S/C12H14N2S/c1-3-10(13-4-2)9-7-12-11(14-8-9)5-6-15-12/h3,5-8,10,13H,1,4H2,2H3. The summed E-state index contributed by atoms with van der Waals surface area (Å²) in [7, 11) is 0. The van der Waals surface area contributed by atoms with Gasteiger partial charge in [0.15, 0.2) is 0 Å². The van der Waals surface area contributed by atoms with E-state index in [0.717, 1.165) is 12.1 Å². The Labute approximate surface area is 93.7 Å². The third-order valence-electron chi connectivity index (χ3n) is 2.34. The fourth-order valence-electron chi connectivity index (χ4n) is 1.59. The maximum atomic E-state index is 4.41. The van der Waals surface area contributed by atoms with E-state index in [4.69, 9.17) is 0 Å². The molecule has 0 aliphatic heterocycles. The lowest BCUT2D eigenvalue weighted by molar-refractivity contribution is 0.648. The number of pyridine rings is 1. The van der Waals surface area contributed by atoms with Crippen molar-refractivity contribution in [2.45, 2.75) is 13.0 Å². The minimum absolute atomic E-state index is 0.203. The van der Waals surface area contributed by atoms with E-state index >= 15 is 0 Å². The minimum atomic E-state index is 0.203. The number of nitrogens with zero attached hydrogens (tertiary/aromatic N) is 1. The number of rotatable bonds is 4. The summed E-state index contributed by atoms with van der Waals surface area (Å²) in [5.74, 6) is 0. The lowest BCUT2D eigenvalue weighted by Crippen LogP contribution is -2.18. The second-order valence-corrected chi connectivity index (χ2v) is 4.29. The highest BCUT2D eigenvalue weighted by atomic mass is 32.1. The van der Waals surface area contributed by atoms with Gasteiger partial charge in [-0.05, 0) is 29.6 Å². The summed E-state index contributed by atoms with van der Waals surface area (Å²) in [6, 6.07) is 4.43. The smallest absolute Gasteiger partial charge is 0.0809 e. The second-order valence-electron chi connectivity index (χ2n) is 3.34. The fraction of sp³-hybridized carbons (Fsp3) is 0.250. The van der Waals surface area contributed by atoms with Crippen LogP contribution < -0.4 is 5.32 Å². The monoisotopic (exact) mass is 218 g/mol. The molecule has 2 heterocycles. The van der Waals surface area contributed by atoms with Crippen LogP contribution in [0.15, 0.2) is 36.4 Å². The number of hydrogen-bond donors (Lipinski definition) is 1. The molecular formula is C12H14N2S. The lowest BCUT2D eigenvalue weighted by Gasteiger charge is -2.12. The van der Waals surface area contributed by atoms with Crippen molar-refractivity contribution in [3.8, 4) is 0 Å². The molecule has 1 N–H and O–H groups in total. The molecule has 78 valence electrons. The van der Waals surface area contributed by atoms with E-state index in [-0.39, 0.29) is 6.04 Å². The van der Waals surface area contributed by atoms with Crippen LogP contribution in [0.4, 0.5) is 0 Å². The summed E-state index contributed by atoms with van der Waals surface area (Å²) in [6.07, 6.45) is 3.84. The van der Waals surface area contributed by atoms with Gasteiger partial charge < -0.3 is 5.32 Å². The summed E-state index contributed by atoms with van der Waals surface area (Å²) < 4.78 is 1.23. The molecule has 0 saturated heterocycles. The van der Waals surface area contributed by atoms with Gasteiger partial charge in [-0.15, -0.1) is 17.9 Å². The van der Waals surface area contributed by atoms with Gasteiger partial charge >= 0.3 is 0 Å². The van der Waals surface area contributed by atoms with Crippen molar-refractivity contribution in [3.05, 3.63) is 41.9 Å². The van der Waals surface area contributed by atoms with Crippen LogP contribution in [0.1, 0.15) is 18.5 Å². The van der Waals surface area contributed by atoms with Gasteiger partial charge in [-0.25, -0.2) is 0 Å². The highest BCUT2D eigenvalue weighted by molar-refractivity contribution is 7.17. The van der Waals surface area contributed by atoms with Crippen molar-refractivity contribution in [1.29, 1.82) is 0 Å². The van der Waals surface area contributed by atoms with E-state index in [9.17, 15) is 0 Å². The molecule has 0 fully saturated rings. The Morgan fingerprint density at radius 1 is 1.67 bits per heavy atom. The minimum Gasteiger partial charge on any atom is -0.307 e. The zero-order chi connectivity index (χ0) is 10.7. The Bertz CT molecular complexity index is 461. The average molecular weight is 218 g/mol. The Morgan fingerprint density at radius 2 is 2.53 bits per heavy atom. The molecule has 15 heavy (non-hydrogen) atoms. The number of hydrogen-bond acceptors (Lipinski definition) is 3. The molecular weight excluding hydrogens is 204 g/mol. The predicted octanol–water partition coefficient (Wildman–Crippen LogP) is 3.13. The molecule has 2 aromatic heterocycles. The topological polar surface area (TPSA) is 24.9 Å². The molecule has 0 saturated carbocycles. The lowest BCUT2D eigenvalue weighted by atomic mass is 10.1. The van der Waals surface area contributed by atoms with Gasteiger partial charge in [-0.2, -0.15) is 0 Å². The van der Waals surface area contributed by atoms with Crippen LogP contribution in [0, 0.1) is 0 Å². The number of thiophene rings is 1. The van der Waals surface area contributed by atoms with Gasteiger partial charge in [-0.1, -0.05) is 13.0 Å². The van der Waals surface area contributed by atoms with E-state index in [1.165, 1.54) is 10.3 Å². The SMILES string of the molecule is C=CC(NCC)c1cnc2ccsc2c1. The zero-order valence-corrected chi connectivity index (χ0v) is 9.55. The summed E-state index contributed by atoms with van der Waals surface area (Å²) in [6.45, 7) is 6.86. The molecule has 1 unspecified atom stereocenters. The van der Waals surface area contributed by atoms with E-state index in [2.05, 4.69) is 35.2 Å². The number of likely N-dealkylation sites (N-methyl/N-ethyl adjacent to an activating group) is 1. The number of aromatic nitrogens is 1. The number of nitrogens with one attached hydrogen (secondary N) is 1. The van der Waals surface area contributed by atoms with E-state index in [1.807, 2.05) is 18.3 Å². The molecule has 3 heteroatoms. The third kappa shape index (κ3) is 2.08. The summed E-state index contributed by atoms with van der Waals surface area (Å²) >= 11 is 1.72. The zero-order valence-electron chi connectivity index (χ0n) is 8.73. The van der Waals surface area contributed by atoms with Gasteiger partial charge in [0.25, 0.3) is 0 Å². The molecule has 2 nitrogen and oxygen atoms in total. The molecule has 0 radical (unpaired) electrons. The highest BCUT2D eigenvalue weighted by Gasteiger charge is 2.07. The van der Waals surface area contributed by atoms with Gasteiger partial charge in [0.05, 0.1) is 16.3 Å². The molecule has 0 aliphatic rings. The van der Waals surface area contributed by atoms with Gasteiger partial charge in [0.1, 0.15) is 0 Å². The van der Waals surface area contributed by atoms with Crippen LogP contribution in [0.5, 0.6) is 0 Å². The van der Waals surface area contributed by atoms with Crippen molar-refractivity contribution in [2.24, 2.45) is 0 Å².